The van der Waals surface area contributed by atoms with E-state index in [2.05, 4.69) is 5.32 Å². The molecule has 2 rings (SSSR count). The molecule has 0 aliphatic carbocycles. The molecule has 2 aromatic rings. The molecule has 0 heterocycles. The van der Waals surface area contributed by atoms with E-state index in [1.54, 1.807) is 6.07 Å². The van der Waals surface area contributed by atoms with E-state index in [4.69, 9.17) is 0 Å². The molecule has 1 N–H and O–H groups in total. The number of rotatable bonds is 4. The van der Waals surface area contributed by atoms with Gasteiger partial charge >= 0.3 is 0 Å². The molecule has 0 radical (unpaired) electrons. The van der Waals surface area contributed by atoms with Crippen LogP contribution in [0.5, 0.6) is 0 Å². The van der Waals surface area contributed by atoms with E-state index in [1.807, 2.05) is 38.1 Å². The van der Waals surface area contributed by atoms with Crippen LogP contribution in [0.3, 0.4) is 0 Å². The number of hydrogen-bond donors (Lipinski definition) is 1. The minimum atomic E-state index is -0.803. The molecule has 0 fully saturated rings. The molecule has 0 aliphatic heterocycles. The number of hydrogen-bond acceptors (Lipinski definition) is 1. The molecule has 0 saturated heterocycles. The van der Waals surface area contributed by atoms with E-state index < -0.39 is 11.6 Å². The van der Waals surface area contributed by atoms with E-state index in [1.165, 1.54) is 11.6 Å². The Morgan fingerprint density at radius 2 is 1.74 bits per heavy atom. The average Bonchev–Trinajstić information content (AvgIpc) is 2.41. The van der Waals surface area contributed by atoms with Gasteiger partial charge in [-0.2, -0.15) is 0 Å². The topological polar surface area (TPSA) is 12.0 Å². The zero-order valence-electron chi connectivity index (χ0n) is 11.1. The zero-order chi connectivity index (χ0) is 13.8. The highest BCUT2D eigenvalue weighted by molar-refractivity contribution is 5.24. The molecule has 1 atom stereocenters. The third-order valence-electron chi connectivity index (χ3n) is 3.21. The summed E-state index contributed by atoms with van der Waals surface area (Å²) in [6.07, 6.45) is 0. The van der Waals surface area contributed by atoms with Gasteiger partial charge in [0, 0.05) is 18.2 Å². The molecular formula is C16H17F2N. The van der Waals surface area contributed by atoms with Gasteiger partial charge in [-0.3, -0.25) is 0 Å². The summed E-state index contributed by atoms with van der Waals surface area (Å²) in [5.41, 5.74) is 2.67. The van der Waals surface area contributed by atoms with Gasteiger partial charge in [0.2, 0.25) is 0 Å². The van der Waals surface area contributed by atoms with Crippen molar-refractivity contribution < 1.29 is 8.78 Å². The Balaban J connectivity index is 2.02. The van der Waals surface area contributed by atoms with Crippen molar-refractivity contribution in [2.24, 2.45) is 0 Å². The first-order chi connectivity index (χ1) is 9.08. The number of aryl methyl sites for hydroxylation is 1. The predicted octanol–water partition coefficient (Wildman–Crippen LogP) is 4.12. The first-order valence-corrected chi connectivity index (χ1v) is 6.31. The molecule has 19 heavy (non-hydrogen) atoms. The summed E-state index contributed by atoms with van der Waals surface area (Å²) in [6.45, 7) is 4.34. The molecule has 0 unspecified atom stereocenters. The third-order valence-corrected chi connectivity index (χ3v) is 3.21. The summed E-state index contributed by atoms with van der Waals surface area (Å²) in [6, 6.07) is 12.5. The Kier molecular flexibility index (Phi) is 4.27. The summed E-state index contributed by atoms with van der Waals surface area (Å²) in [7, 11) is 0. The van der Waals surface area contributed by atoms with Crippen LogP contribution in [-0.4, -0.2) is 0 Å². The fourth-order valence-corrected chi connectivity index (χ4v) is 1.92. The molecule has 2 aromatic carbocycles. The summed E-state index contributed by atoms with van der Waals surface area (Å²) in [5, 5.41) is 3.20. The van der Waals surface area contributed by atoms with Crippen molar-refractivity contribution in [3.05, 3.63) is 70.8 Å². The van der Waals surface area contributed by atoms with Gasteiger partial charge in [-0.15, -0.1) is 0 Å². The van der Waals surface area contributed by atoms with Crippen molar-refractivity contribution in [2.75, 3.05) is 0 Å². The van der Waals surface area contributed by atoms with Gasteiger partial charge in [0.1, 0.15) is 0 Å². The fourth-order valence-electron chi connectivity index (χ4n) is 1.92. The predicted molar refractivity (Wildman–Crippen MR) is 72.8 cm³/mol. The lowest BCUT2D eigenvalue weighted by Gasteiger charge is -2.15. The van der Waals surface area contributed by atoms with Crippen molar-refractivity contribution in [3.63, 3.8) is 0 Å². The Bertz CT molecular complexity index is 549. The second kappa shape index (κ2) is 5.93. The maximum atomic E-state index is 13.5. The molecule has 100 valence electrons. The van der Waals surface area contributed by atoms with Gasteiger partial charge in [0.05, 0.1) is 0 Å². The van der Waals surface area contributed by atoms with Crippen LogP contribution in [-0.2, 0) is 6.54 Å². The normalized spacial score (nSPS) is 12.4. The SMILES string of the molecule is Cc1ccc([C@H](C)NCc2cccc(F)c2F)cc1. The minimum Gasteiger partial charge on any atom is -0.306 e. The summed E-state index contributed by atoms with van der Waals surface area (Å²) in [4.78, 5) is 0. The van der Waals surface area contributed by atoms with Crippen molar-refractivity contribution in [2.45, 2.75) is 26.4 Å². The van der Waals surface area contributed by atoms with Crippen molar-refractivity contribution >= 4 is 0 Å². The van der Waals surface area contributed by atoms with Crippen LogP contribution < -0.4 is 5.32 Å². The van der Waals surface area contributed by atoms with Crippen LogP contribution in [0.4, 0.5) is 8.78 Å². The average molecular weight is 261 g/mol. The van der Waals surface area contributed by atoms with Crippen LogP contribution in [0.25, 0.3) is 0 Å². The Labute approximate surface area is 112 Å². The van der Waals surface area contributed by atoms with Crippen molar-refractivity contribution in [1.82, 2.24) is 5.32 Å². The van der Waals surface area contributed by atoms with Crippen LogP contribution in [0.15, 0.2) is 42.5 Å². The van der Waals surface area contributed by atoms with Crippen LogP contribution in [0.2, 0.25) is 0 Å². The highest BCUT2D eigenvalue weighted by atomic mass is 19.2. The minimum absolute atomic E-state index is 0.0864. The standard InChI is InChI=1S/C16H17F2N/c1-11-6-8-13(9-7-11)12(2)19-10-14-4-3-5-15(17)16(14)18/h3-9,12,19H,10H2,1-2H3/t12-/m0/s1. The van der Waals surface area contributed by atoms with Crippen molar-refractivity contribution in [3.8, 4) is 0 Å². The second-order valence-electron chi connectivity index (χ2n) is 4.73. The van der Waals surface area contributed by atoms with Gasteiger partial charge in [0.25, 0.3) is 0 Å². The highest BCUT2D eigenvalue weighted by Gasteiger charge is 2.09. The van der Waals surface area contributed by atoms with Crippen molar-refractivity contribution in [1.29, 1.82) is 0 Å². The first-order valence-electron chi connectivity index (χ1n) is 6.31. The maximum absolute atomic E-state index is 13.5. The smallest absolute Gasteiger partial charge is 0.163 e. The van der Waals surface area contributed by atoms with Crippen LogP contribution in [0, 0.1) is 18.6 Å². The molecule has 0 aromatic heterocycles. The number of nitrogens with one attached hydrogen (secondary N) is 1. The van der Waals surface area contributed by atoms with E-state index >= 15 is 0 Å². The number of benzene rings is 2. The van der Waals surface area contributed by atoms with Crippen LogP contribution in [0.1, 0.15) is 29.7 Å². The van der Waals surface area contributed by atoms with Gasteiger partial charge in [0.15, 0.2) is 11.6 Å². The maximum Gasteiger partial charge on any atom is 0.163 e. The Morgan fingerprint density at radius 1 is 1.05 bits per heavy atom. The molecule has 3 heteroatoms. The van der Waals surface area contributed by atoms with E-state index in [0.29, 0.717) is 12.1 Å². The summed E-state index contributed by atoms with van der Waals surface area (Å²) >= 11 is 0. The fraction of sp³-hybridized carbons (Fsp3) is 0.250. The van der Waals surface area contributed by atoms with E-state index in [-0.39, 0.29) is 6.04 Å². The van der Waals surface area contributed by atoms with Gasteiger partial charge < -0.3 is 5.32 Å². The Hall–Kier alpha value is -1.74. The molecule has 0 spiro atoms. The van der Waals surface area contributed by atoms with Crippen LogP contribution >= 0.6 is 0 Å². The first kappa shape index (κ1) is 13.7. The molecule has 1 nitrogen and oxygen atoms in total. The second-order valence-corrected chi connectivity index (χ2v) is 4.73. The molecular weight excluding hydrogens is 244 g/mol. The molecule has 0 bridgehead atoms. The highest BCUT2D eigenvalue weighted by Crippen LogP contribution is 2.16. The molecule has 0 aliphatic rings. The summed E-state index contributed by atoms with van der Waals surface area (Å²) < 4.78 is 26.6. The van der Waals surface area contributed by atoms with Gasteiger partial charge in [-0.05, 0) is 25.5 Å². The number of halogens is 2. The lowest BCUT2D eigenvalue weighted by molar-refractivity contribution is 0.484. The largest absolute Gasteiger partial charge is 0.306 e. The third kappa shape index (κ3) is 3.38. The zero-order valence-corrected chi connectivity index (χ0v) is 11.1. The van der Waals surface area contributed by atoms with E-state index in [9.17, 15) is 8.78 Å². The van der Waals surface area contributed by atoms with Gasteiger partial charge in [-0.1, -0.05) is 42.0 Å². The lowest BCUT2D eigenvalue weighted by Crippen LogP contribution is -2.19. The summed E-state index contributed by atoms with van der Waals surface area (Å²) in [5.74, 6) is -1.58. The Morgan fingerprint density at radius 3 is 2.42 bits per heavy atom. The van der Waals surface area contributed by atoms with E-state index in [0.717, 1.165) is 11.6 Å². The quantitative estimate of drug-likeness (QED) is 0.872. The van der Waals surface area contributed by atoms with Gasteiger partial charge in [-0.25, -0.2) is 8.78 Å². The molecule has 0 amide bonds. The lowest BCUT2D eigenvalue weighted by atomic mass is 10.1. The molecule has 0 saturated carbocycles. The monoisotopic (exact) mass is 261 g/mol.